The topological polar surface area (TPSA) is 37.8 Å². The summed E-state index contributed by atoms with van der Waals surface area (Å²) in [7, 11) is 0. The first-order valence-electron chi connectivity index (χ1n) is 6.75. The molecule has 0 spiro atoms. The van der Waals surface area contributed by atoms with E-state index in [1.807, 2.05) is 0 Å². The lowest BCUT2D eigenvalue weighted by Gasteiger charge is -2.07. The zero-order valence-corrected chi connectivity index (χ0v) is 12.8. The fourth-order valence-corrected chi connectivity index (χ4v) is 2.93. The van der Waals surface area contributed by atoms with E-state index in [0.717, 1.165) is 16.6 Å². The van der Waals surface area contributed by atoms with Crippen LogP contribution >= 0.6 is 15.9 Å². The Morgan fingerprint density at radius 2 is 1.67 bits per heavy atom. The average molecular weight is 338 g/mol. The molecule has 0 saturated heterocycles. The van der Waals surface area contributed by atoms with Crippen molar-refractivity contribution in [1.82, 2.24) is 9.97 Å². The summed E-state index contributed by atoms with van der Waals surface area (Å²) in [6.07, 6.45) is 4.46. The van der Waals surface area contributed by atoms with Gasteiger partial charge in [-0.3, -0.25) is 0 Å². The number of anilines is 2. The second kappa shape index (κ2) is 4.97. The van der Waals surface area contributed by atoms with E-state index in [4.69, 9.17) is 0 Å². The molecule has 102 valence electrons. The highest BCUT2D eigenvalue weighted by Crippen LogP contribution is 2.37. The molecule has 0 aliphatic heterocycles. The van der Waals surface area contributed by atoms with Crippen LogP contribution in [0.15, 0.2) is 59.3 Å². The van der Waals surface area contributed by atoms with Crippen LogP contribution < -0.4 is 5.32 Å². The summed E-state index contributed by atoms with van der Waals surface area (Å²) in [6, 6.07) is 15.0. The van der Waals surface area contributed by atoms with Crippen LogP contribution in [0.1, 0.15) is 11.1 Å². The third-order valence-corrected chi connectivity index (χ3v) is 4.08. The maximum Gasteiger partial charge on any atom is 0.227 e. The van der Waals surface area contributed by atoms with Gasteiger partial charge >= 0.3 is 0 Å². The number of nitrogens with one attached hydrogen (secondary N) is 1. The average Bonchev–Trinajstić information content (AvgIpc) is 2.87. The van der Waals surface area contributed by atoms with Crippen LogP contribution in [0.4, 0.5) is 11.6 Å². The van der Waals surface area contributed by atoms with Crippen molar-refractivity contribution in [3.05, 3.63) is 70.5 Å². The van der Waals surface area contributed by atoms with Gasteiger partial charge in [0.2, 0.25) is 5.95 Å². The summed E-state index contributed by atoms with van der Waals surface area (Å²) in [5.41, 5.74) is 6.43. The van der Waals surface area contributed by atoms with E-state index in [1.165, 1.54) is 22.3 Å². The smallest absolute Gasteiger partial charge is 0.227 e. The van der Waals surface area contributed by atoms with E-state index in [-0.39, 0.29) is 0 Å². The molecule has 0 saturated carbocycles. The number of fused-ring (bicyclic) bond motifs is 3. The molecule has 2 aromatic carbocycles. The SMILES string of the molecule is Brc1cnc(Nc2ccc3c(c2)Cc2ccccc2-3)nc1. The van der Waals surface area contributed by atoms with Crippen LogP contribution in [0.25, 0.3) is 11.1 Å². The van der Waals surface area contributed by atoms with Gasteiger partial charge in [0.25, 0.3) is 0 Å². The van der Waals surface area contributed by atoms with Crippen LogP contribution in [0.2, 0.25) is 0 Å². The number of hydrogen-bond acceptors (Lipinski definition) is 3. The fraction of sp³-hybridized carbons (Fsp3) is 0.0588. The summed E-state index contributed by atoms with van der Waals surface area (Å²) >= 11 is 3.34. The number of nitrogens with zero attached hydrogens (tertiary/aromatic N) is 2. The van der Waals surface area contributed by atoms with Crippen LogP contribution in [0, 0.1) is 0 Å². The molecule has 0 bridgehead atoms. The van der Waals surface area contributed by atoms with Gasteiger partial charge in [0.15, 0.2) is 0 Å². The summed E-state index contributed by atoms with van der Waals surface area (Å²) in [5.74, 6) is 0.605. The lowest BCUT2D eigenvalue weighted by Crippen LogP contribution is -1.96. The van der Waals surface area contributed by atoms with Crippen LogP contribution in [0.5, 0.6) is 0 Å². The van der Waals surface area contributed by atoms with Gasteiger partial charge < -0.3 is 5.32 Å². The molecular formula is C17H12BrN3. The van der Waals surface area contributed by atoms with Crippen molar-refractivity contribution in [2.45, 2.75) is 6.42 Å². The molecule has 4 heteroatoms. The molecule has 0 fully saturated rings. The van der Waals surface area contributed by atoms with Crippen molar-refractivity contribution in [1.29, 1.82) is 0 Å². The molecule has 3 aromatic rings. The summed E-state index contributed by atoms with van der Waals surface area (Å²) in [5, 5.41) is 3.24. The predicted molar refractivity (Wildman–Crippen MR) is 87.7 cm³/mol. The molecule has 1 aliphatic rings. The first kappa shape index (κ1) is 12.5. The Morgan fingerprint density at radius 1 is 0.905 bits per heavy atom. The lowest BCUT2D eigenvalue weighted by atomic mass is 10.1. The van der Waals surface area contributed by atoms with Gasteiger partial charge in [0.1, 0.15) is 0 Å². The minimum atomic E-state index is 0.605. The van der Waals surface area contributed by atoms with Crippen molar-refractivity contribution in [3.63, 3.8) is 0 Å². The molecule has 0 unspecified atom stereocenters. The molecule has 3 nitrogen and oxygen atoms in total. The third kappa shape index (κ3) is 2.32. The van der Waals surface area contributed by atoms with Crippen molar-refractivity contribution in [3.8, 4) is 11.1 Å². The van der Waals surface area contributed by atoms with E-state index in [9.17, 15) is 0 Å². The Kier molecular flexibility index (Phi) is 2.97. The Balaban J connectivity index is 1.65. The highest BCUT2D eigenvalue weighted by atomic mass is 79.9. The molecule has 1 heterocycles. The molecule has 4 rings (SSSR count). The van der Waals surface area contributed by atoms with Crippen LogP contribution in [0.3, 0.4) is 0 Å². The zero-order valence-electron chi connectivity index (χ0n) is 11.2. The van der Waals surface area contributed by atoms with Crippen LogP contribution in [-0.4, -0.2) is 9.97 Å². The van der Waals surface area contributed by atoms with Gasteiger partial charge in [-0.25, -0.2) is 9.97 Å². The lowest BCUT2D eigenvalue weighted by molar-refractivity contribution is 1.15. The number of benzene rings is 2. The van der Waals surface area contributed by atoms with E-state index in [2.05, 4.69) is 73.7 Å². The third-order valence-electron chi connectivity index (χ3n) is 3.67. The van der Waals surface area contributed by atoms with Crippen molar-refractivity contribution >= 4 is 27.6 Å². The van der Waals surface area contributed by atoms with E-state index < -0.39 is 0 Å². The Bertz CT molecular complexity index is 813. The number of hydrogen-bond donors (Lipinski definition) is 1. The Labute approximate surface area is 131 Å². The monoisotopic (exact) mass is 337 g/mol. The van der Waals surface area contributed by atoms with Gasteiger partial charge in [0.05, 0.1) is 4.47 Å². The molecular weight excluding hydrogens is 326 g/mol. The minimum absolute atomic E-state index is 0.605. The largest absolute Gasteiger partial charge is 0.324 e. The fourth-order valence-electron chi connectivity index (χ4n) is 2.73. The first-order chi connectivity index (χ1) is 10.3. The van der Waals surface area contributed by atoms with Gasteiger partial charge in [-0.1, -0.05) is 30.3 Å². The van der Waals surface area contributed by atoms with Gasteiger partial charge in [-0.2, -0.15) is 0 Å². The zero-order chi connectivity index (χ0) is 14.2. The number of aromatic nitrogens is 2. The summed E-state index contributed by atoms with van der Waals surface area (Å²) in [4.78, 5) is 8.47. The van der Waals surface area contributed by atoms with Crippen LogP contribution in [-0.2, 0) is 6.42 Å². The van der Waals surface area contributed by atoms with E-state index in [0.29, 0.717) is 5.95 Å². The van der Waals surface area contributed by atoms with E-state index in [1.54, 1.807) is 12.4 Å². The molecule has 0 radical (unpaired) electrons. The van der Waals surface area contributed by atoms with Crippen molar-refractivity contribution < 1.29 is 0 Å². The highest BCUT2D eigenvalue weighted by Gasteiger charge is 2.17. The van der Waals surface area contributed by atoms with E-state index >= 15 is 0 Å². The summed E-state index contributed by atoms with van der Waals surface area (Å²) in [6.45, 7) is 0. The summed E-state index contributed by atoms with van der Waals surface area (Å²) < 4.78 is 0.873. The Hall–Kier alpha value is -2.20. The second-order valence-electron chi connectivity index (χ2n) is 5.06. The maximum atomic E-state index is 4.24. The first-order valence-corrected chi connectivity index (χ1v) is 7.55. The van der Waals surface area contributed by atoms with Gasteiger partial charge in [0, 0.05) is 18.1 Å². The minimum Gasteiger partial charge on any atom is -0.324 e. The second-order valence-corrected chi connectivity index (χ2v) is 5.97. The number of halogens is 1. The van der Waals surface area contributed by atoms with Crippen molar-refractivity contribution in [2.24, 2.45) is 0 Å². The maximum absolute atomic E-state index is 4.24. The Morgan fingerprint density at radius 3 is 2.52 bits per heavy atom. The standard InChI is InChI=1S/C17H12BrN3/c18-13-9-19-17(20-10-13)21-14-5-6-16-12(8-14)7-11-3-1-2-4-15(11)16/h1-6,8-10H,7H2,(H,19,20,21). The molecule has 21 heavy (non-hydrogen) atoms. The molecule has 1 aliphatic carbocycles. The quantitative estimate of drug-likeness (QED) is 0.582. The van der Waals surface area contributed by atoms with Gasteiger partial charge in [-0.15, -0.1) is 0 Å². The van der Waals surface area contributed by atoms with Crippen molar-refractivity contribution in [2.75, 3.05) is 5.32 Å². The normalized spacial score (nSPS) is 11.9. The predicted octanol–water partition coefficient (Wildman–Crippen LogP) is 4.55. The highest BCUT2D eigenvalue weighted by molar-refractivity contribution is 9.10. The molecule has 1 N–H and O–H groups in total. The number of rotatable bonds is 2. The molecule has 0 amide bonds. The molecule has 0 atom stereocenters. The molecule has 1 aromatic heterocycles. The van der Waals surface area contributed by atoms with Gasteiger partial charge in [-0.05, 0) is 56.7 Å².